The number of benzene rings is 4. The Hall–Kier alpha value is -3.33. The molecule has 24 heavy (non-hydrogen) atoms. The van der Waals surface area contributed by atoms with Crippen LogP contribution in [0.3, 0.4) is 0 Å². The summed E-state index contributed by atoms with van der Waals surface area (Å²) >= 11 is 0. The van der Waals surface area contributed by atoms with Crippen LogP contribution in [-0.4, -0.2) is 6.03 Å². The summed E-state index contributed by atoms with van der Waals surface area (Å²) in [6.07, 6.45) is 0. The Bertz CT molecular complexity index is 972. The highest BCUT2D eigenvalue weighted by Crippen LogP contribution is 2.32. The van der Waals surface area contributed by atoms with Gasteiger partial charge in [-0.3, -0.25) is 0 Å². The van der Waals surface area contributed by atoms with E-state index in [-0.39, 0.29) is 6.03 Å². The number of para-hydroxylation sites is 1. The van der Waals surface area contributed by atoms with Crippen LogP contribution in [0.1, 0.15) is 0 Å². The molecule has 3 nitrogen and oxygen atoms in total. The second-order valence-corrected chi connectivity index (χ2v) is 5.64. The van der Waals surface area contributed by atoms with Crippen LogP contribution in [0.2, 0.25) is 0 Å². The van der Waals surface area contributed by atoms with Gasteiger partial charge in [0.15, 0.2) is 0 Å². The standard InChI is InChI=1S/C21H16N2O/c24-21(22-17-10-2-1-3-11-17)23-20-18-12-6-4-8-15(18)14-16-9-5-7-13-19(16)20/h1-14H,(H2,22,23,24). The highest BCUT2D eigenvalue weighted by Gasteiger charge is 2.10. The Kier molecular flexibility index (Phi) is 3.60. The summed E-state index contributed by atoms with van der Waals surface area (Å²) in [4.78, 5) is 12.4. The first kappa shape index (κ1) is 14.3. The third-order valence-electron chi connectivity index (χ3n) is 4.04. The molecule has 2 amide bonds. The van der Waals surface area contributed by atoms with Crippen LogP contribution in [0.25, 0.3) is 21.5 Å². The lowest BCUT2D eigenvalue weighted by Gasteiger charge is -2.13. The van der Waals surface area contributed by atoms with E-state index in [1.54, 1.807) is 0 Å². The molecule has 116 valence electrons. The molecular weight excluding hydrogens is 296 g/mol. The minimum absolute atomic E-state index is 0.247. The lowest BCUT2D eigenvalue weighted by Crippen LogP contribution is -2.19. The van der Waals surface area contributed by atoms with E-state index in [4.69, 9.17) is 0 Å². The van der Waals surface area contributed by atoms with Crippen molar-refractivity contribution in [3.05, 3.63) is 84.9 Å². The fraction of sp³-hybridized carbons (Fsp3) is 0. The van der Waals surface area contributed by atoms with Crippen molar-refractivity contribution in [1.82, 2.24) is 0 Å². The molecule has 0 aliphatic carbocycles. The number of hydrogen-bond donors (Lipinski definition) is 2. The summed E-state index contributed by atoms with van der Waals surface area (Å²) in [7, 11) is 0. The number of rotatable bonds is 2. The average Bonchev–Trinajstić information content (AvgIpc) is 2.62. The van der Waals surface area contributed by atoms with E-state index in [1.165, 1.54) is 0 Å². The zero-order valence-electron chi connectivity index (χ0n) is 13.0. The lowest BCUT2D eigenvalue weighted by atomic mass is 10.0. The minimum Gasteiger partial charge on any atom is -0.308 e. The number of fused-ring (bicyclic) bond motifs is 2. The molecule has 0 fully saturated rings. The maximum Gasteiger partial charge on any atom is 0.323 e. The SMILES string of the molecule is O=C(Nc1ccccc1)Nc1c2ccccc2cc2ccccc12. The molecule has 4 rings (SSSR count). The van der Waals surface area contributed by atoms with Gasteiger partial charge in [-0.1, -0.05) is 66.7 Å². The zero-order chi connectivity index (χ0) is 16.4. The molecule has 0 saturated carbocycles. The third kappa shape index (κ3) is 2.68. The number of anilines is 2. The highest BCUT2D eigenvalue weighted by atomic mass is 16.2. The van der Waals surface area contributed by atoms with E-state index in [0.717, 1.165) is 32.9 Å². The molecule has 0 aromatic heterocycles. The maximum atomic E-state index is 12.4. The van der Waals surface area contributed by atoms with Gasteiger partial charge < -0.3 is 10.6 Å². The molecule has 0 atom stereocenters. The van der Waals surface area contributed by atoms with Gasteiger partial charge in [-0.15, -0.1) is 0 Å². The fourth-order valence-electron chi connectivity index (χ4n) is 2.95. The van der Waals surface area contributed by atoms with Gasteiger partial charge >= 0.3 is 6.03 Å². The first-order valence-corrected chi connectivity index (χ1v) is 7.85. The highest BCUT2D eigenvalue weighted by molar-refractivity contribution is 6.16. The van der Waals surface area contributed by atoms with Gasteiger partial charge in [0.25, 0.3) is 0 Å². The second kappa shape index (κ2) is 6.05. The van der Waals surface area contributed by atoms with Crippen molar-refractivity contribution < 1.29 is 4.79 Å². The average molecular weight is 312 g/mol. The van der Waals surface area contributed by atoms with E-state index in [9.17, 15) is 4.79 Å². The van der Waals surface area contributed by atoms with Crippen molar-refractivity contribution in [2.45, 2.75) is 0 Å². The molecule has 0 radical (unpaired) electrons. The molecule has 2 N–H and O–H groups in total. The molecule has 4 aromatic rings. The Morgan fingerprint density at radius 1 is 0.625 bits per heavy atom. The van der Waals surface area contributed by atoms with Crippen LogP contribution in [0.15, 0.2) is 84.9 Å². The van der Waals surface area contributed by atoms with Gasteiger partial charge in [0.1, 0.15) is 0 Å². The molecule has 0 aliphatic rings. The van der Waals surface area contributed by atoms with E-state index in [0.29, 0.717) is 0 Å². The van der Waals surface area contributed by atoms with E-state index in [1.807, 2.05) is 66.7 Å². The maximum absolute atomic E-state index is 12.4. The van der Waals surface area contributed by atoms with E-state index >= 15 is 0 Å². The van der Waals surface area contributed by atoms with Crippen LogP contribution >= 0.6 is 0 Å². The summed E-state index contributed by atoms with van der Waals surface area (Å²) in [5.41, 5.74) is 1.59. The molecule has 0 unspecified atom stereocenters. The van der Waals surface area contributed by atoms with Gasteiger partial charge in [-0.2, -0.15) is 0 Å². The lowest BCUT2D eigenvalue weighted by molar-refractivity contribution is 0.262. The third-order valence-corrected chi connectivity index (χ3v) is 4.04. The van der Waals surface area contributed by atoms with Gasteiger partial charge in [-0.05, 0) is 29.0 Å². The van der Waals surface area contributed by atoms with Crippen LogP contribution in [0.5, 0.6) is 0 Å². The molecule has 0 heterocycles. The molecule has 0 bridgehead atoms. The first-order valence-electron chi connectivity index (χ1n) is 7.85. The van der Waals surface area contributed by atoms with Crippen LogP contribution < -0.4 is 10.6 Å². The number of hydrogen-bond acceptors (Lipinski definition) is 1. The minimum atomic E-state index is -0.247. The summed E-state index contributed by atoms with van der Waals surface area (Å²) in [6, 6.07) is 27.5. The number of amides is 2. The Morgan fingerprint density at radius 3 is 1.79 bits per heavy atom. The van der Waals surface area contributed by atoms with Crippen LogP contribution in [-0.2, 0) is 0 Å². The predicted molar refractivity (Wildman–Crippen MR) is 101 cm³/mol. The number of carbonyl (C=O) groups excluding carboxylic acids is 1. The molecule has 0 spiro atoms. The molecule has 0 aliphatic heterocycles. The van der Waals surface area contributed by atoms with Gasteiger partial charge in [0, 0.05) is 16.5 Å². The predicted octanol–water partition coefficient (Wildman–Crippen LogP) is 5.64. The van der Waals surface area contributed by atoms with Crippen molar-refractivity contribution in [1.29, 1.82) is 0 Å². The second-order valence-electron chi connectivity index (χ2n) is 5.64. The zero-order valence-corrected chi connectivity index (χ0v) is 13.0. The topological polar surface area (TPSA) is 41.1 Å². The fourth-order valence-corrected chi connectivity index (χ4v) is 2.95. The van der Waals surface area contributed by atoms with Crippen molar-refractivity contribution in [3.63, 3.8) is 0 Å². The Labute approximate surface area is 139 Å². The van der Waals surface area contributed by atoms with Gasteiger partial charge in [-0.25, -0.2) is 4.79 Å². The summed E-state index contributed by atoms with van der Waals surface area (Å²) in [5.74, 6) is 0. The van der Waals surface area contributed by atoms with Crippen molar-refractivity contribution in [3.8, 4) is 0 Å². The van der Waals surface area contributed by atoms with Crippen molar-refractivity contribution >= 4 is 39.0 Å². The molecular formula is C21H16N2O. The summed E-state index contributed by atoms with van der Waals surface area (Å²) in [5, 5.41) is 10.2. The largest absolute Gasteiger partial charge is 0.323 e. The smallest absolute Gasteiger partial charge is 0.308 e. The van der Waals surface area contributed by atoms with Crippen molar-refractivity contribution in [2.75, 3.05) is 10.6 Å². The number of urea groups is 1. The van der Waals surface area contributed by atoms with Gasteiger partial charge in [0.05, 0.1) is 5.69 Å². The Morgan fingerprint density at radius 2 is 1.17 bits per heavy atom. The quantitative estimate of drug-likeness (QED) is 0.462. The van der Waals surface area contributed by atoms with Crippen LogP contribution in [0.4, 0.5) is 16.2 Å². The number of carbonyl (C=O) groups is 1. The molecule has 0 saturated heterocycles. The van der Waals surface area contributed by atoms with Crippen LogP contribution in [0, 0.1) is 0 Å². The monoisotopic (exact) mass is 312 g/mol. The molecule has 3 heteroatoms. The van der Waals surface area contributed by atoms with E-state index < -0.39 is 0 Å². The van der Waals surface area contributed by atoms with E-state index in [2.05, 4.69) is 28.8 Å². The summed E-state index contributed by atoms with van der Waals surface area (Å²) < 4.78 is 0. The van der Waals surface area contributed by atoms with Gasteiger partial charge in [0.2, 0.25) is 0 Å². The number of nitrogens with one attached hydrogen (secondary N) is 2. The first-order chi connectivity index (χ1) is 11.8. The summed E-state index contributed by atoms with van der Waals surface area (Å²) in [6.45, 7) is 0. The normalized spacial score (nSPS) is 10.7. The van der Waals surface area contributed by atoms with Crippen molar-refractivity contribution in [2.24, 2.45) is 0 Å². The molecule has 4 aromatic carbocycles. The Balaban J connectivity index is 1.77.